The zero-order valence-corrected chi connectivity index (χ0v) is 45.4. The summed E-state index contributed by atoms with van der Waals surface area (Å²) in [7, 11) is 0. The van der Waals surface area contributed by atoms with Gasteiger partial charge in [0.05, 0.1) is 25.4 Å². The van der Waals surface area contributed by atoms with Crippen molar-refractivity contribution in [2.75, 3.05) is 13.2 Å². The minimum absolute atomic E-state index is 0.00979. The number of aliphatic hydroxyl groups is 2. The topological polar surface area (TPSA) is 95.9 Å². The van der Waals surface area contributed by atoms with Gasteiger partial charge in [-0.3, -0.25) is 9.59 Å². The summed E-state index contributed by atoms with van der Waals surface area (Å²) in [6.07, 6.45) is 67.8. The monoisotopic (exact) mass is 946 g/mol. The third kappa shape index (κ3) is 53.8. The summed E-state index contributed by atoms with van der Waals surface area (Å²) >= 11 is 0. The van der Waals surface area contributed by atoms with Gasteiger partial charge in [-0.1, -0.05) is 289 Å². The van der Waals surface area contributed by atoms with Crippen LogP contribution in [0.1, 0.15) is 341 Å². The van der Waals surface area contributed by atoms with Gasteiger partial charge in [0.25, 0.3) is 0 Å². The molecule has 6 nitrogen and oxygen atoms in total. The maximum Gasteiger partial charge on any atom is 0.305 e. The van der Waals surface area contributed by atoms with Gasteiger partial charge in [-0.15, -0.1) is 0 Å². The fourth-order valence-corrected chi connectivity index (χ4v) is 9.64. The Hall–Kier alpha value is -1.40. The van der Waals surface area contributed by atoms with E-state index >= 15 is 0 Å². The summed E-state index contributed by atoms with van der Waals surface area (Å²) in [5, 5.41) is 23.3. The van der Waals surface area contributed by atoms with Crippen LogP contribution >= 0.6 is 0 Å². The molecule has 398 valence electrons. The van der Waals surface area contributed by atoms with E-state index in [0.717, 1.165) is 38.5 Å². The molecule has 0 heterocycles. The van der Waals surface area contributed by atoms with Crippen LogP contribution in [0.25, 0.3) is 0 Å². The van der Waals surface area contributed by atoms with E-state index < -0.39 is 12.1 Å². The summed E-state index contributed by atoms with van der Waals surface area (Å²) < 4.78 is 5.48. The number of rotatable bonds is 57. The van der Waals surface area contributed by atoms with Crippen molar-refractivity contribution in [1.29, 1.82) is 0 Å². The molecule has 0 aromatic rings. The minimum atomic E-state index is -0.669. The first-order chi connectivity index (χ1) is 33.0. The van der Waals surface area contributed by atoms with E-state index in [9.17, 15) is 19.8 Å². The first-order valence-electron chi connectivity index (χ1n) is 30.4. The van der Waals surface area contributed by atoms with Gasteiger partial charge in [-0.25, -0.2) is 0 Å². The van der Waals surface area contributed by atoms with Crippen LogP contribution in [0, 0.1) is 0 Å². The molecule has 0 saturated heterocycles. The van der Waals surface area contributed by atoms with E-state index in [1.807, 2.05) is 0 Å². The predicted molar refractivity (Wildman–Crippen MR) is 292 cm³/mol. The number of carbonyl (C=O) groups is 2. The number of carbonyl (C=O) groups excluding carboxylic acids is 2. The van der Waals surface area contributed by atoms with Crippen molar-refractivity contribution < 1.29 is 24.5 Å². The largest absolute Gasteiger partial charge is 0.466 e. The van der Waals surface area contributed by atoms with Gasteiger partial charge in [0.2, 0.25) is 5.91 Å². The highest BCUT2D eigenvalue weighted by Gasteiger charge is 2.20. The van der Waals surface area contributed by atoms with E-state index in [-0.39, 0.29) is 18.5 Å². The third-order valence-electron chi connectivity index (χ3n) is 14.3. The van der Waals surface area contributed by atoms with Crippen LogP contribution in [0.15, 0.2) is 12.2 Å². The lowest BCUT2D eigenvalue weighted by atomic mass is 10.0. The Morgan fingerprint density at radius 2 is 0.701 bits per heavy atom. The van der Waals surface area contributed by atoms with Crippen LogP contribution in [-0.2, 0) is 14.3 Å². The molecule has 0 aromatic heterocycles. The van der Waals surface area contributed by atoms with Crippen molar-refractivity contribution in [2.45, 2.75) is 353 Å². The first kappa shape index (κ1) is 65.6. The van der Waals surface area contributed by atoms with Crippen LogP contribution in [0.2, 0.25) is 0 Å². The molecule has 6 heteroatoms. The van der Waals surface area contributed by atoms with E-state index in [0.29, 0.717) is 25.9 Å². The molecular formula is C61H119NO5. The van der Waals surface area contributed by atoms with E-state index in [2.05, 4.69) is 31.3 Å². The standard InChI is InChI=1S/C61H119NO5/c1-3-5-7-9-11-13-15-17-25-29-33-37-41-45-49-53-59(64)58(57-63)62-60(65)54-50-46-42-38-34-30-27-23-21-19-20-22-24-28-32-36-40-44-48-52-56-67-61(66)55-51-47-43-39-35-31-26-18-16-14-12-10-8-6-4-2/h19,21,58-59,63-64H,3-18,20,22-57H2,1-2H3,(H,62,65)/b21-19-. The van der Waals surface area contributed by atoms with Crippen LogP contribution in [0.5, 0.6) is 0 Å². The average molecular weight is 947 g/mol. The first-order valence-corrected chi connectivity index (χ1v) is 30.4. The summed E-state index contributed by atoms with van der Waals surface area (Å²) in [5.41, 5.74) is 0. The van der Waals surface area contributed by atoms with E-state index in [1.165, 1.54) is 270 Å². The van der Waals surface area contributed by atoms with Gasteiger partial charge in [-0.2, -0.15) is 0 Å². The molecule has 0 aliphatic heterocycles. The Bertz CT molecular complexity index is 1000. The number of aliphatic hydroxyl groups excluding tert-OH is 2. The number of unbranched alkanes of at least 4 members (excludes halogenated alkanes) is 44. The van der Waals surface area contributed by atoms with Crippen LogP contribution in [0.3, 0.4) is 0 Å². The number of amides is 1. The highest BCUT2D eigenvalue weighted by atomic mass is 16.5. The minimum Gasteiger partial charge on any atom is -0.466 e. The predicted octanol–water partition coefficient (Wildman–Crippen LogP) is 18.9. The molecule has 2 atom stereocenters. The quantitative estimate of drug-likeness (QED) is 0.0321. The summed E-state index contributed by atoms with van der Waals surface area (Å²) in [6, 6.07) is -0.547. The van der Waals surface area contributed by atoms with Crippen molar-refractivity contribution in [2.24, 2.45) is 0 Å². The Kier molecular flexibility index (Phi) is 56.0. The molecule has 0 radical (unpaired) electrons. The number of ether oxygens (including phenoxy) is 1. The molecule has 3 N–H and O–H groups in total. The van der Waals surface area contributed by atoms with Gasteiger partial charge in [0, 0.05) is 12.8 Å². The summed E-state index contributed by atoms with van der Waals surface area (Å²) in [5.74, 6) is -0.0315. The van der Waals surface area contributed by atoms with Crippen LogP contribution < -0.4 is 5.32 Å². The van der Waals surface area contributed by atoms with Gasteiger partial charge >= 0.3 is 5.97 Å². The molecule has 0 aromatic carbocycles. The molecule has 0 rings (SSSR count). The average Bonchev–Trinajstić information content (AvgIpc) is 3.33. The lowest BCUT2D eigenvalue weighted by Crippen LogP contribution is -2.45. The Morgan fingerprint density at radius 1 is 0.403 bits per heavy atom. The lowest BCUT2D eigenvalue weighted by Gasteiger charge is -2.22. The zero-order valence-electron chi connectivity index (χ0n) is 45.4. The summed E-state index contributed by atoms with van der Waals surface area (Å²) in [6.45, 7) is 4.97. The molecule has 0 spiro atoms. The second-order valence-electron chi connectivity index (χ2n) is 21.0. The smallest absolute Gasteiger partial charge is 0.305 e. The number of allylic oxidation sites excluding steroid dienone is 2. The maximum absolute atomic E-state index is 12.5. The van der Waals surface area contributed by atoms with Crippen molar-refractivity contribution in [1.82, 2.24) is 5.32 Å². The maximum atomic E-state index is 12.5. The lowest BCUT2D eigenvalue weighted by molar-refractivity contribution is -0.143. The number of nitrogens with one attached hydrogen (secondary N) is 1. The van der Waals surface area contributed by atoms with Crippen molar-refractivity contribution in [3.8, 4) is 0 Å². The molecule has 2 unspecified atom stereocenters. The van der Waals surface area contributed by atoms with E-state index in [4.69, 9.17) is 4.74 Å². The number of hydrogen-bond donors (Lipinski definition) is 3. The fraction of sp³-hybridized carbons (Fsp3) is 0.934. The Balaban J connectivity index is 3.41. The molecular weight excluding hydrogens is 827 g/mol. The fourth-order valence-electron chi connectivity index (χ4n) is 9.64. The second kappa shape index (κ2) is 57.2. The van der Waals surface area contributed by atoms with Gasteiger partial charge in [0.15, 0.2) is 0 Å². The molecule has 0 aliphatic carbocycles. The number of hydrogen-bond acceptors (Lipinski definition) is 5. The number of esters is 1. The van der Waals surface area contributed by atoms with Crippen molar-refractivity contribution >= 4 is 11.9 Å². The molecule has 0 aliphatic rings. The van der Waals surface area contributed by atoms with Crippen molar-refractivity contribution in [3.63, 3.8) is 0 Å². The molecule has 1 amide bonds. The van der Waals surface area contributed by atoms with Crippen LogP contribution in [-0.4, -0.2) is 47.4 Å². The van der Waals surface area contributed by atoms with Crippen molar-refractivity contribution in [3.05, 3.63) is 12.2 Å². The molecule has 0 saturated carbocycles. The highest BCUT2D eigenvalue weighted by Crippen LogP contribution is 2.18. The summed E-state index contributed by atoms with van der Waals surface area (Å²) in [4.78, 5) is 24.5. The highest BCUT2D eigenvalue weighted by molar-refractivity contribution is 5.76. The van der Waals surface area contributed by atoms with E-state index in [1.54, 1.807) is 0 Å². The SMILES string of the molecule is CCCCCCCCCCCCCCCCCC(=O)OCCCCCCCCCCC/C=C\CCCCCCCCCC(=O)NC(CO)C(O)CCCCCCCCCCCCCCCCC. The van der Waals surface area contributed by atoms with Crippen LogP contribution in [0.4, 0.5) is 0 Å². The molecule has 0 fully saturated rings. The Morgan fingerprint density at radius 3 is 1.06 bits per heavy atom. The van der Waals surface area contributed by atoms with Gasteiger partial charge in [-0.05, 0) is 51.4 Å². The zero-order chi connectivity index (χ0) is 48.6. The molecule has 0 bridgehead atoms. The molecule has 67 heavy (non-hydrogen) atoms. The van der Waals surface area contributed by atoms with Gasteiger partial charge < -0.3 is 20.3 Å². The Labute approximate surface area is 419 Å². The van der Waals surface area contributed by atoms with Gasteiger partial charge in [0.1, 0.15) is 0 Å². The third-order valence-corrected chi connectivity index (χ3v) is 14.3. The second-order valence-corrected chi connectivity index (χ2v) is 21.0. The normalized spacial score (nSPS) is 12.6.